The first kappa shape index (κ1) is 12.4. The lowest BCUT2D eigenvalue weighted by Crippen LogP contribution is -2.07. The van der Waals surface area contributed by atoms with Gasteiger partial charge in [0.25, 0.3) is 0 Å². The van der Waals surface area contributed by atoms with Crippen molar-refractivity contribution in [2.75, 3.05) is 7.11 Å². The molecule has 90 valence electrons. The van der Waals surface area contributed by atoms with Crippen molar-refractivity contribution in [3.8, 4) is 5.75 Å². The van der Waals surface area contributed by atoms with Crippen LogP contribution in [0.1, 0.15) is 10.4 Å². The maximum Gasteiger partial charge on any atom is 0.388 e. The summed E-state index contributed by atoms with van der Waals surface area (Å²) in [4.78, 5) is 30.0. The molecule has 9 heteroatoms. The van der Waals surface area contributed by atoms with Gasteiger partial charge >= 0.3 is 17.3 Å². The second-order valence-electron chi connectivity index (χ2n) is 2.83. The molecule has 0 aliphatic carbocycles. The Morgan fingerprint density at radius 2 is 1.76 bits per heavy atom. The van der Waals surface area contributed by atoms with Crippen molar-refractivity contribution in [1.82, 2.24) is 0 Å². The third-order valence-corrected chi connectivity index (χ3v) is 1.93. The third kappa shape index (κ3) is 2.12. The van der Waals surface area contributed by atoms with Gasteiger partial charge in [-0.05, 0) is 12.1 Å². The highest BCUT2D eigenvalue weighted by Crippen LogP contribution is 2.38. The van der Waals surface area contributed by atoms with E-state index in [2.05, 4.69) is 4.74 Å². The molecule has 0 heterocycles. The fraction of sp³-hybridized carbons (Fsp3) is 0.125. The predicted octanol–water partition coefficient (Wildman–Crippen LogP) is 1.21. The first-order valence-corrected chi connectivity index (χ1v) is 4.13. The van der Waals surface area contributed by atoms with Crippen LogP contribution in [0.15, 0.2) is 12.1 Å². The van der Waals surface area contributed by atoms with E-state index in [-0.39, 0.29) is 5.75 Å². The first-order chi connectivity index (χ1) is 7.90. The first-order valence-electron chi connectivity index (χ1n) is 4.13. The summed E-state index contributed by atoms with van der Waals surface area (Å²) in [5.41, 5.74) is -2.83. The zero-order valence-corrected chi connectivity index (χ0v) is 8.45. The Morgan fingerprint density at radius 1 is 1.24 bits per heavy atom. The molecule has 17 heavy (non-hydrogen) atoms. The number of aromatic carboxylic acids is 1. The number of ether oxygens (including phenoxy) is 1. The average molecular weight is 242 g/mol. The Labute approximate surface area is 93.5 Å². The summed E-state index contributed by atoms with van der Waals surface area (Å²) in [5.74, 6) is -1.99. The number of benzene rings is 1. The Morgan fingerprint density at radius 3 is 2.12 bits per heavy atom. The smallest absolute Gasteiger partial charge is 0.388 e. The summed E-state index contributed by atoms with van der Waals surface area (Å²) in [7, 11) is 1.09. The highest BCUT2D eigenvalue weighted by molar-refractivity contribution is 5.95. The molecule has 0 aliphatic rings. The van der Waals surface area contributed by atoms with E-state index in [1.54, 1.807) is 0 Å². The molecule has 1 aromatic rings. The molecule has 1 rings (SSSR count). The van der Waals surface area contributed by atoms with Crippen LogP contribution >= 0.6 is 0 Å². The predicted molar refractivity (Wildman–Crippen MR) is 53.3 cm³/mol. The molecular weight excluding hydrogens is 236 g/mol. The number of methoxy groups -OCH3 is 1. The van der Waals surface area contributed by atoms with Crippen molar-refractivity contribution in [2.45, 2.75) is 0 Å². The van der Waals surface area contributed by atoms with E-state index < -0.39 is 32.8 Å². The van der Waals surface area contributed by atoms with Crippen molar-refractivity contribution in [1.29, 1.82) is 0 Å². The minimum absolute atomic E-state index is 0.369. The molecule has 0 amide bonds. The van der Waals surface area contributed by atoms with Crippen LogP contribution in [0, 0.1) is 20.2 Å². The Hall–Kier alpha value is -2.71. The average Bonchev–Trinajstić information content (AvgIpc) is 2.26. The molecule has 0 atom stereocenters. The van der Waals surface area contributed by atoms with Gasteiger partial charge in [0.15, 0.2) is 0 Å². The van der Waals surface area contributed by atoms with E-state index in [1.165, 1.54) is 0 Å². The molecule has 0 aromatic heterocycles. The van der Waals surface area contributed by atoms with E-state index in [0.29, 0.717) is 0 Å². The fourth-order valence-corrected chi connectivity index (χ4v) is 1.26. The minimum atomic E-state index is -1.62. The van der Waals surface area contributed by atoms with Crippen LogP contribution in [0.25, 0.3) is 0 Å². The second-order valence-corrected chi connectivity index (χ2v) is 2.83. The largest absolute Gasteiger partial charge is 0.490 e. The highest BCUT2D eigenvalue weighted by Gasteiger charge is 2.35. The summed E-state index contributed by atoms with van der Waals surface area (Å²) in [6, 6.07) is 1.88. The van der Waals surface area contributed by atoms with E-state index in [1.807, 2.05) is 0 Å². The maximum absolute atomic E-state index is 10.7. The van der Waals surface area contributed by atoms with Gasteiger partial charge in [-0.25, -0.2) is 4.79 Å². The number of nitro groups is 2. The highest BCUT2D eigenvalue weighted by atomic mass is 16.6. The van der Waals surface area contributed by atoms with Crippen LogP contribution in [0.3, 0.4) is 0 Å². The van der Waals surface area contributed by atoms with Crippen LogP contribution in [0.5, 0.6) is 5.75 Å². The number of nitro benzene ring substituents is 2. The monoisotopic (exact) mass is 242 g/mol. The van der Waals surface area contributed by atoms with Crippen LogP contribution in [0.4, 0.5) is 11.4 Å². The van der Waals surface area contributed by atoms with Crippen LogP contribution in [-0.4, -0.2) is 28.0 Å². The van der Waals surface area contributed by atoms with Gasteiger partial charge in [0.1, 0.15) is 5.56 Å². The Kier molecular flexibility index (Phi) is 3.22. The Balaban J connectivity index is 3.71. The maximum atomic E-state index is 10.7. The van der Waals surface area contributed by atoms with Crippen LogP contribution in [-0.2, 0) is 0 Å². The fourth-order valence-electron chi connectivity index (χ4n) is 1.26. The van der Waals surface area contributed by atoms with Gasteiger partial charge in [-0.3, -0.25) is 20.2 Å². The number of carbonyl (C=O) groups is 1. The van der Waals surface area contributed by atoms with E-state index in [9.17, 15) is 25.0 Å². The van der Waals surface area contributed by atoms with Gasteiger partial charge in [0.05, 0.1) is 17.0 Å². The normalized spacial score (nSPS) is 9.71. The van der Waals surface area contributed by atoms with Gasteiger partial charge in [0, 0.05) is 0 Å². The van der Waals surface area contributed by atoms with Crippen molar-refractivity contribution < 1.29 is 24.5 Å². The topological polar surface area (TPSA) is 133 Å². The summed E-state index contributed by atoms with van der Waals surface area (Å²) < 4.78 is 4.59. The number of rotatable bonds is 4. The zero-order chi connectivity index (χ0) is 13.2. The SMILES string of the molecule is COc1ccc(C(=O)O)c([N+](=O)[O-])c1[N+](=O)[O-]. The summed E-state index contributed by atoms with van der Waals surface area (Å²) >= 11 is 0. The van der Waals surface area contributed by atoms with E-state index in [4.69, 9.17) is 5.11 Å². The van der Waals surface area contributed by atoms with Crippen molar-refractivity contribution >= 4 is 17.3 Å². The lowest BCUT2D eigenvalue weighted by molar-refractivity contribution is -0.423. The summed E-state index contributed by atoms with van der Waals surface area (Å²) in [6.45, 7) is 0. The van der Waals surface area contributed by atoms with Gasteiger partial charge in [-0.15, -0.1) is 0 Å². The number of nitrogens with zero attached hydrogens (tertiary/aromatic N) is 2. The summed E-state index contributed by atoms with van der Waals surface area (Å²) in [5, 5.41) is 30.1. The third-order valence-electron chi connectivity index (χ3n) is 1.93. The van der Waals surface area contributed by atoms with E-state index >= 15 is 0 Å². The van der Waals surface area contributed by atoms with Crippen molar-refractivity contribution in [3.05, 3.63) is 37.9 Å². The molecule has 0 saturated heterocycles. The molecule has 0 fully saturated rings. The van der Waals surface area contributed by atoms with Gasteiger partial charge in [-0.2, -0.15) is 0 Å². The summed E-state index contributed by atoms with van der Waals surface area (Å²) in [6.07, 6.45) is 0. The van der Waals surface area contributed by atoms with Crippen LogP contribution in [0.2, 0.25) is 0 Å². The molecule has 0 saturated carbocycles. The van der Waals surface area contributed by atoms with Gasteiger partial charge < -0.3 is 9.84 Å². The lowest BCUT2D eigenvalue weighted by Gasteiger charge is -2.03. The van der Waals surface area contributed by atoms with Crippen LogP contribution < -0.4 is 4.74 Å². The number of carboxylic acid groups (broad SMARTS) is 1. The lowest BCUT2D eigenvalue weighted by atomic mass is 10.1. The molecule has 9 nitrogen and oxygen atoms in total. The number of hydrogen-bond acceptors (Lipinski definition) is 6. The molecule has 1 N–H and O–H groups in total. The molecule has 0 unspecified atom stereocenters. The molecule has 1 aromatic carbocycles. The number of hydrogen-bond donors (Lipinski definition) is 1. The van der Waals surface area contributed by atoms with Crippen molar-refractivity contribution in [3.63, 3.8) is 0 Å². The molecule has 0 spiro atoms. The molecule has 0 radical (unpaired) electrons. The second kappa shape index (κ2) is 4.43. The standard InChI is InChI=1S/C8H6N2O7/c1-17-5-3-2-4(8(11)12)6(9(13)14)7(5)10(15)16/h2-3H,1H3,(H,11,12). The quantitative estimate of drug-likeness (QED) is 0.619. The number of carboxylic acids is 1. The zero-order valence-electron chi connectivity index (χ0n) is 8.45. The van der Waals surface area contributed by atoms with Gasteiger partial charge in [0.2, 0.25) is 5.75 Å². The van der Waals surface area contributed by atoms with E-state index in [0.717, 1.165) is 19.2 Å². The van der Waals surface area contributed by atoms with Crippen molar-refractivity contribution in [2.24, 2.45) is 0 Å². The van der Waals surface area contributed by atoms with Gasteiger partial charge in [-0.1, -0.05) is 0 Å². The molecule has 0 bridgehead atoms. The molecule has 0 aliphatic heterocycles. The molecular formula is C8H6N2O7. The Bertz CT molecular complexity index is 511. The minimum Gasteiger partial charge on any atom is -0.490 e.